The summed E-state index contributed by atoms with van der Waals surface area (Å²) in [5.41, 5.74) is 4.00. The number of alkyl halides is 3. The molecule has 1 saturated heterocycles. The van der Waals surface area contributed by atoms with Gasteiger partial charge in [-0.3, -0.25) is 19.1 Å². The number of anilines is 1. The van der Waals surface area contributed by atoms with E-state index in [4.69, 9.17) is 15.6 Å². The molecule has 1 aliphatic heterocycles. The number of aliphatic hydroxyl groups is 3. The van der Waals surface area contributed by atoms with Crippen molar-refractivity contribution in [3.8, 4) is 0 Å². The van der Waals surface area contributed by atoms with Gasteiger partial charge in [-0.1, -0.05) is 0 Å². The Labute approximate surface area is 135 Å². The van der Waals surface area contributed by atoms with Crippen molar-refractivity contribution >= 4 is 17.1 Å². The highest BCUT2D eigenvalue weighted by Crippen LogP contribution is 2.43. The van der Waals surface area contributed by atoms with Crippen molar-refractivity contribution in [2.75, 3.05) is 12.3 Å². The zero-order chi connectivity index (χ0) is 18.6. The largest absolute Gasteiger partial charge is 0.525 e. The average Bonchev–Trinajstić information content (AvgIpc) is 2.98. The number of aromatic amines is 1. The molecule has 0 spiro atoms. The summed E-state index contributed by atoms with van der Waals surface area (Å²) in [6, 6.07) is 0. The lowest BCUT2D eigenvalue weighted by atomic mass is 10.1. The summed E-state index contributed by atoms with van der Waals surface area (Å²) in [6.45, 7) is -0.913. The van der Waals surface area contributed by atoms with E-state index in [9.17, 15) is 28.2 Å². The monoisotopic (exact) mass is 367 g/mol. The molecule has 4 atom stereocenters. The van der Waals surface area contributed by atoms with Crippen molar-refractivity contribution < 1.29 is 38.0 Å². The Bertz CT molecular complexity index is 853. The molecule has 0 radical (unpaired) electrons. The van der Waals surface area contributed by atoms with E-state index >= 15 is 0 Å². The van der Waals surface area contributed by atoms with Gasteiger partial charge in [0.1, 0.15) is 12.2 Å². The summed E-state index contributed by atoms with van der Waals surface area (Å²) in [4.78, 5) is 21.3. The first kappa shape index (κ1) is 17.6. The van der Waals surface area contributed by atoms with Gasteiger partial charge in [-0.05, 0) is 0 Å². The van der Waals surface area contributed by atoms with Crippen LogP contribution in [0.4, 0.5) is 19.1 Å². The molecule has 0 bridgehead atoms. The summed E-state index contributed by atoms with van der Waals surface area (Å²) < 4.78 is 47.5. The van der Waals surface area contributed by atoms with Crippen LogP contribution < -0.4 is 11.3 Å². The van der Waals surface area contributed by atoms with E-state index in [1.54, 1.807) is 0 Å². The standard InChI is InChI=1S/C11H12F3N5O6/c12-11(13,14)25-10(23)5(21)3(1-20)24-8(10)19-2-16-4-6(19)17-9(15)18-7(4)22/h2-3,5,8,20-21,23H,1H2,(H3,15,17,18,22)/t3-,5-,8-,10+/m1/s1. The normalized spacial score (nSPS) is 30.2. The Balaban J connectivity index is 2.15. The summed E-state index contributed by atoms with van der Waals surface area (Å²) in [7, 11) is 0. The number of H-pyrrole nitrogens is 1. The highest BCUT2D eigenvalue weighted by Gasteiger charge is 2.62. The van der Waals surface area contributed by atoms with Crippen molar-refractivity contribution in [1.29, 1.82) is 0 Å². The highest BCUT2D eigenvalue weighted by atomic mass is 19.4. The first-order valence-corrected chi connectivity index (χ1v) is 6.73. The molecule has 1 fully saturated rings. The first-order chi connectivity index (χ1) is 11.6. The Morgan fingerprint density at radius 2 is 2.20 bits per heavy atom. The maximum atomic E-state index is 12.7. The number of aliphatic hydroxyl groups excluding tert-OH is 2. The fourth-order valence-electron chi connectivity index (χ4n) is 2.57. The third kappa shape index (κ3) is 2.83. The van der Waals surface area contributed by atoms with Crippen molar-refractivity contribution in [1.82, 2.24) is 19.5 Å². The second-order valence-corrected chi connectivity index (χ2v) is 5.23. The number of hydrogen-bond donors (Lipinski definition) is 5. The maximum absolute atomic E-state index is 12.7. The van der Waals surface area contributed by atoms with Crippen LogP contribution in [0.5, 0.6) is 0 Å². The van der Waals surface area contributed by atoms with Crippen molar-refractivity contribution in [2.45, 2.75) is 30.6 Å². The second kappa shape index (κ2) is 5.63. The fourth-order valence-corrected chi connectivity index (χ4v) is 2.57. The first-order valence-electron chi connectivity index (χ1n) is 6.73. The molecule has 0 saturated carbocycles. The molecule has 25 heavy (non-hydrogen) atoms. The molecular formula is C11H12F3N5O6. The lowest BCUT2D eigenvalue weighted by molar-refractivity contribution is -0.433. The number of nitrogen functional groups attached to an aromatic ring is 1. The Morgan fingerprint density at radius 3 is 2.80 bits per heavy atom. The van der Waals surface area contributed by atoms with E-state index in [0.29, 0.717) is 0 Å². The van der Waals surface area contributed by atoms with E-state index in [1.807, 2.05) is 0 Å². The highest BCUT2D eigenvalue weighted by molar-refractivity contribution is 5.70. The topological polar surface area (TPSA) is 169 Å². The Hall–Kier alpha value is -2.26. The lowest BCUT2D eigenvalue weighted by Crippen LogP contribution is -2.52. The number of halogens is 3. The van der Waals surface area contributed by atoms with E-state index in [-0.39, 0.29) is 17.1 Å². The van der Waals surface area contributed by atoms with Gasteiger partial charge in [0.2, 0.25) is 11.7 Å². The van der Waals surface area contributed by atoms with Crippen molar-refractivity contribution in [2.24, 2.45) is 0 Å². The molecule has 2 aromatic heterocycles. The van der Waals surface area contributed by atoms with Crippen LogP contribution in [0.25, 0.3) is 11.2 Å². The Kier molecular flexibility index (Phi) is 3.96. The molecule has 11 nitrogen and oxygen atoms in total. The van der Waals surface area contributed by atoms with Crippen LogP contribution in [-0.4, -0.2) is 65.8 Å². The third-order valence-electron chi connectivity index (χ3n) is 3.60. The van der Waals surface area contributed by atoms with Gasteiger partial charge >= 0.3 is 6.36 Å². The number of nitrogens with one attached hydrogen (secondary N) is 1. The smallest absolute Gasteiger partial charge is 0.394 e. The molecule has 0 aliphatic carbocycles. The minimum absolute atomic E-state index is 0.297. The molecule has 14 heteroatoms. The zero-order valence-electron chi connectivity index (χ0n) is 12.1. The summed E-state index contributed by atoms with van der Waals surface area (Å²) in [5.74, 6) is -3.70. The van der Waals surface area contributed by atoms with Crippen LogP contribution in [0.3, 0.4) is 0 Å². The number of aromatic nitrogens is 4. The van der Waals surface area contributed by atoms with Crippen LogP contribution >= 0.6 is 0 Å². The minimum Gasteiger partial charge on any atom is -0.394 e. The van der Waals surface area contributed by atoms with E-state index < -0.39 is 42.8 Å². The van der Waals surface area contributed by atoms with Crippen LogP contribution in [0, 0.1) is 0 Å². The van der Waals surface area contributed by atoms with Crippen LogP contribution in [0.2, 0.25) is 0 Å². The maximum Gasteiger partial charge on any atom is 0.525 e. The number of rotatable bonds is 3. The summed E-state index contributed by atoms with van der Waals surface area (Å²) >= 11 is 0. The molecule has 2 aromatic rings. The predicted molar refractivity (Wildman–Crippen MR) is 71.7 cm³/mol. The number of imidazole rings is 1. The quantitative estimate of drug-likeness (QED) is 0.392. The molecule has 3 rings (SSSR count). The summed E-state index contributed by atoms with van der Waals surface area (Å²) in [5, 5.41) is 29.4. The summed E-state index contributed by atoms with van der Waals surface area (Å²) in [6.07, 6.45) is -10.4. The van der Waals surface area contributed by atoms with E-state index in [1.165, 1.54) is 0 Å². The van der Waals surface area contributed by atoms with Gasteiger partial charge in [0, 0.05) is 0 Å². The molecule has 0 unspecified atom stereocenters. The number of ether oxygens (including phenoxy) is 2. The molecule has 3 heterocycles. The SMILES string of the molecule is Nc1nc2c(ncn2[C@@H]2O[C@H](CO)[C@@H](O)[C@]2(O)OC(F)(F)F)c(=O)[nH]1. The van der Waals surface area contributed by atoms with Crippen LogP contribution in [0.15, 0.2) is 11.1 Å². The molecule has 6 N–H and O–H groups in total. The van der Waals surface area contributed by atoms with Crippen LogP contribution in [0.1, 0.15) is 6.23 Å². The number of hydrogen-bond acceptors (Lipinski definition) is 9. The van der Waals surface area contributed by atoms with Crippen molar-refractivity contribution in [3.05, 3.63) is 16.7 Å². The van der Waals surface area contributed by atoms with Gasteiger partial charge in [0.25, 0.3) is 5.56 Å². The molecular weight excluding hydrogens is 355 g/mol. The third-order valence-corrected chi connectivity index (χ3v) is 3.60. The average molecular weight is 367 g/mol. The van der Waals surface area contributed by atoms with Crippen molar-refractivity contribution in [3.63, 3.8) is 0 Å². The molecule has 1 aliphatic rings. The minimum atomic E-state index is -5.35. The zero-order valence-corrected chi connectivity index (χ0v) is 12.1. The predicted octanol–water partition coefficient (Wildman–Crippen LogP) is -1.82. The molecule has 138 valence electrons. The van der Waals surface area contributed by atoms with Gasteiger partial charge in [-0.25, -0.2) is 4.98 Å². The fraction of sp³-hybridized carbons (Fsp3) is 0.545. The molecule has 0 amide bonds. The van der Waals surface area contributed by atoms with Gasteiger partial charge in [-0.15, -0.1) is 13.2 Å². The van der Waals surface area contributed by atoms with Gasteiger partial charge < -0.3 is 25.8 Å². The second-order valence-electron chi connectivity index (χ2n) is 5.23. The number of nitrogens with zero attached hydrogens (tertiary/aromatic N) is 3. The van der Waals surface area contributed by atoms with Crippen LogP contribution in [-0.2, 0) is 9.47 Å². The Morgan fingerprint density at radius 1 is 1.52 bits per heavy atom. The van der Waals surface area contributed by atoms with Gasteiger partial charge in [-0.2, -0.15) is 4.98 Å². The van der Waals surface area contributed by atoms with Gasteiger partial charge in [0.05, 0.1) is 12.9 Å². The molecule has 0 aromatic carbocycles. The number of nitrogens with two attached hydrogens (primary N) is 1. The van der Waals surface area contributed by atoms with E-state index in [0.717, 1.165) is 10.9 Å². The van der Waals surface area contributed by atoms with Gasteiger partial charge in [0.15, 0.2) is 17.4 Å². The number of fused-ring (bicyclic) bond motifs is 1. The lowest BCUT2D eigenvalue weighted by Gasteiger charge is -2.31. The van der Waals surface area contributed by atoms with E-state index in [2.05, 4.69) is 19.7 Å².